The van der Waals surface area contributed by atoms with Crippen LogP contribution < -0.4 is 0 Å². The molecule has 0 N–H and O–H groups in total. The standard InChI is InChI=1S/C14H19N3O2/c1-4-9-18-14(5-1)19-10-8-17-12-13(11-15-17)16-6-2-3-7-16/h2-3,6-7,11-12,14H,1,4-5,8-10H2/t14-/m1/s1. The summed E-state index contributed by atoms with van der Waals surface area (Å²) >= 11 is 0. The quantitative estimate of drug-likeness (QED) is 0.828. The monoisotopic (exact) mass is 261 g/mol. The molecule has 0 radical (unpaired) electrons. The third-order valence-corrected chi connectivity index (χ3v) is 3.28. The molecule has 1 saturated heterocycles. The highest BCUT2D eigenvalue weighted by atomic mass is 16.7. The Morgan fingerprint density at radius 1 is 1.32 bits per heavy atom. The molecule has 0 saturated carbocycles. The largest absolute Gasteiger partial charge is 0.353 e. The highest BCUT2D eigenvalue weighted by Gasteiger charge is 2.13. The average Bonchev–Trinajstić information content (AvgIpc) is 3.10. The molecule has 3 rings (SSSR count). The molecule has 102 valence electrons. The fourth-order valence-electron chi connectivity index (χ4n) is 2.24. The Bertz CT molecular complexity index is 487. The normalized spacial score (nSPS) is 19.7. The minimum Gasteiger partial charge on any atom is -0.353 e. The van der Waals surface area contributed by atoms with Gasteiger partial charge in [-0.05, 0) is 31.4 Å². The van der Waals surface area contributed by atoms with Crippen LogP contribution in [0.3, 0.4) is 0 Å². The van der Waals surface area contributed by atoms with E-state index in [0.29, 0.717) is 6.61 Å². The first-order chi connectivity index (χ1) is 9.42. The lowest BCUT2D eigenvalue weighted by Crippen LogP contribution is -2.24. The molecule has 19 heavy (non-hydrogen) atoms. The van der Waals surface area contributed by atoms with Crippen molar-refractivity contribution in [3.8, 4) is 5.69 Å². The van der Waals surface area contributed by atoms with Crippen LogP contribution in [0.5, 0.6) is 0 Å². The highest BCUT2D eigenvalue weighted by Crippen LogP contribution is 2.13. The molecule has 2 aromatic rings. The molecule has 1 atom stereocenters. The molecule has 2 aromatic heterocycles. The third kappa shape index (κ3) is 3.24. The molecule has 0 spiro atoms. The minimum atomic E-state index is -0.0202. The van der Waals surface area contributed by atoms with Gasteiger partial charge in [0.1, 0.15) is 0 Å². The van der Waals surface area contributed by atoms with Crippen molar-refractivity contribution in [2.24, 2.45) is 0 Å². The second-order valence-corrected chi connectivity index (χ2v) is 4.72. The highest BCUT2D eigenvalue weighted by molar-refractivity contribution is 5.26. The van der Waals surface area contributed by atoms with Crippen LogP contribution in [0.15, 0.2) is 36.9 Å². The zero-order valence-electron chi connectivity index (χ0n) is 10.9. The van der Waals surface area contributed by atoms with Gasteiger partial charge in [0.05, 0.1) is 25.0 Å². The summed E-state index contributed by atoms with van der Waals surface area (Å²) in [7, 11) is 0. The minimum absolute atomic E-state index is 0.0202. The molecule has 0 amide bonds. The topological polar surface area (TPSA) is 41.2 Å². The Morgan fingerprint density at radius 2 is 2.21 bits per heavy atom. The summed E-state index contributed by atoms with van der Waals surface area (Å²) in [6.45, 7) is 2.21. The molecule has 5 heteroatoms. The predicted octanol–water partition coefficient (Wildman–Crippen LogP) is 2.22. The maximum atomic E-state index is 5.70. The maximum Gasteiger partial charge on any atom is 0.157 e. The van der Waals surface area contributed by atoms with Crippen LogP contribution in [0, 0.1) is 0 Å². The molecule has 0 aromatic carbocycles. The molecule has 0 unspecified atom stereocenters. The van der Waals surface area contributed by atoms with E-state index >= 15 is 0 Å². The van der Waals surface area contributed by atoms with Crippen molar-refractivity contribution in [3.05, 3.63) is 36.9 Å². The van der Waals surface area contributed by atoms with Crippen LogP contribution in [0.1, 0.15) is 19.3 Å². The molecule has 1 aliphatic heterocycles. The summed E-state index contributed by atoms with van der Waals surface area (Å²) in [5.41, 5.74) is 1.07. The Labute approximate surface area is 112 Å². The van der Waals surface area contributed by atoms with Gasteiger partial charge in [0.15, 0.2) is 6.29 Å². The van der Waals surface area contributed by atoms with Gasteiger partial charge in [0.25, 0.3) is 0 Å². The first-order valence-electron chi connectivity index (χ1n) is 6.81. The third-order valence-electron chi connectivity index (χ3n) is 3.28. The number of hydrogen-bond donors (Lipinski definition) is 0. The number of rotatable bonds is 5. The Kier molecular flexibility index (Phi) is 3.95. The van der Waals surface area contributed by atoms with Crippen LogP contribution in [0.25, 0.3) is 5.69 Å². The first kappa shape index (κ1) is 12.4. The molecular formula is C14H19N3O2. The van der Waals surface area contributed by atoms with Crippen molar-refractivity contribution >= 4 is 0 Å². The lowest BCUT2D eigenvalue weighted by atomic mass is 10.2. The van der Waals surface area contributed by atoms with Gasteiger partial charge in [-0.25, -0.2) is 0 Å². The Balaban J connectivity index is 1.48. The molecule has 1 fully saturated rings. The number of aromatic nitrogens is 3. The van der Waals surface area contributed by atoms with E-state index in [2.05, 4.69) is 5.10 Å². The van der Waals surface area contributed by atoms with Crippen molar-refractivity contribution in [2.75, 3.05) is 13.2 Å². The molecule has 0 aliphatic carbocycles. The lowest BCUT2D eigenvalue weighted by molar-refractivity contribution is -0.163. The van der Waals surface area contributed by atoms with Gasteiger partial charge in [-0.3, -0.25) is 4.68 Å². The summed E-state index contributed by atoms with van der Waals surface area (Å²) < 4.78 is 15.2. The molecule has 0 bridgehead atoms. The van der Waals surface area contributed by atoms with Crippen LogP contribution in [0.4, 0.5) is 0 Å². The SMILES string of the molecule is c1ccn(-c2cnn(CCO[C@@H]3CCCCO3)c2)c1. The van der Waals surface area contributed by atoms with Gasteiger partial charge < -0.3 is 14.0 Å². The van der Waals surface area contributed by atoms with E-state index in [4.69, 9.17) is 9.47 Å². The van der Waals surface area contributed by atoms with E-state index < -0.39 is 0 Å². The van der Waals surface area contributed by atoms with Crippen LogP contribution in [-0.4, -0.2) is 33.9 Å². The number of hydrogen-bond acceptors (Lipinski definition) is 3. The van der Waals surface area contributed by atoms with Crippen molar-refractivity contribution in [2.45, 2.75) is 32.1 Å². The zero-order chi connectivity index (χ0) is 12.9. The van der Waals surface area contributed by atoms with Gasteiger partial charge in [0.2, 0.25) is 0 Å². The summed E-state index contributed by atoms with van der Waals surface area (Å²) in [6, 6.07) is 4.00. The Hall–Kier alpha value is -1.59. The van der Waals surface area contributed by atoms with Crippen LogP contribution >= 0.6 is 0 Å². The summed E-state index contributed by atoms with van der Waals surface area (Å²) in [5.74, 6) is 0. The van der Waals surface area contributed by atoms with Crippen molar-refractivity contribution in [3.63, 3.8) is 0 Å². The van der Waals surface area contributed by atoms with Gasteiger partial charge in [-0.2, -0.15) is 5.10 Å². The van der Waals surface area contributed by atoms with E-state index in [1.807, 2.05) is 46.2 Å². The van der Waals surface area contributed by atoms with E-state index in [-0.39, 0.29) is 6.29 Å². The van der Waals surface area contributed by atoms with Crippen LogP contribution in [-0.2, 0) is 16.0 Å². The zero-order valence-corrected chi connectivity index (χ0v) is 10.9. The maximum absolute atomic E-state index is 5.70. The van der Waals surface area contributed by atoms with Gasteiger partial charge >= 0.3 is 0 Å². The second-order valence-electron chi connectivity index (χ2n) is 4.72. The predicted molar refractivity (Wildman–Crippen MR) is 71.1 cm³/mol. The van der Waals surface area contributed by atoms with Crippen LogP contribution in [0.2, 0.25) is 0 Å². The molecule has 1 aliphatic rings. The van der Waals surface area contributed by atoms with Gasteiger partial charge in [-0.1, -0.05) is 0 Å². The molecule has 3 heterocycles. The van der Waals surface area contributed by atoms with Crippen molar-refractivity contribution in [1.29, 1.82) is 0 Å². The summed E-state index contributed by atoms with van der Waals surface area (Å²) in [5, 5.41) is 4.33. The number of ether oxygens (including phenoxy) is 2. The second kappa shape index (κ2) is 6.04. The van der Waals surface area contributed by atoms with E-state index in [1.54, 1.807) is 0 Å². The van der Waals surface area contributed by atoms with E-state index in [0.717, 1.165) is 31.7 Å². The van der Waals surface area contributed by atoms with E-state index in [1.165, 1.54) is 6.42 Å². The summed E-state index contributed by atoms with van der Waals surface area (Å²) in [4.78, 5) is 0. The molecular weight excluding hydrogens is 242 g/mol. The summed E-state index contributed by atoms with van der Waals surface area (Å²) in [6.07, 6.45) is 11.2. The van der Waals surface area contributed by atoms with Crippen molar-refractivity contribution < 1.29 is 9.47 Å². The van der Waals surface area contributed by atoms with Crippen molar-refractivity contribution in [1.82, 2.24) is 14.3 Å². The van der Waals surface area contributed by atoms with E-state index in [9.17, 15) is 0 Å². The fourth-order valence-corrected chi connectivity index (χ4v) is 2.24. The first-order valence-corrected chi connectivity index (χ1v) is 6.81. The van der Waals surface area contributed by atoms with Gasteiger partial charge in [-0.15, -0.1) is 0 Å². The van der Waals surface area contributed by atoms with Gasteiger partial charge in [0, 0.05) is 25.2 Å². The molecule has 5 nitrogen and oxygen atoms in total. The fraction of sp³-hybridized carbons (Fsp3) is 0.500. The Morgan fingerprint density at radius 3 is 3.00 bits per heavy atom. The number of nitrogens with zero attached hydrogens (tertiary/aromatic N) is 3. The lowest BCUT2D eigenvalue weighted by Gasteiger charge is -2.22. The smallest absolute Gasteiger partial charge is 0.157 e. The average molecular weight is 261 g/mol.